The Balaban J connectivity index is 1.99. The molecule has 10 heteroatoms. The number of sulfone groups is 1. The van der Waals surface area contributed by atoms with Gasteiger partial charge in [-0.25, -0.2) is 26.2 Å². The van der Waals surface area contributed by atoms with Crippen LogP contribution in [-0.2, 0) is 19.9 Å². The first-order valence-corrected chi connectivity index (χ1v) is 12.4. The molecule has 0 bridgehead atoms. The lowest BCUT2D eigenvalue weighted by atomic mass is 10.2. The highest BCUT2D eigenvalue weighted by Crippen LogP contribution is 2.19. The summed E-state index contributed by atoms with van der Waals surface area (Å²) in [4.78, 5) is 4.63. The van der Waals surface area contributed by atoms with Crippen LogP contribution in [0.3, 0.4) is 0 Å². The number of nitrogens with zero attached hydrogens (tertiary/aromatic N) is 2. The van der Waals surface area contributed by atoms with Gasteiger partial charge in [0.15, 0.2) is 9.84 Å². The Labute approximate surface area is 180 Å². The Morgan fingerprint density at radius 2 is 1.42 bits per heavy atom. The summed E-state index contributed by atoms with van der Waals surface area (Å²) in [5.74, 6) is -0.319. The minimum Gasteiger partial charge on any atom is -0.289 e. The molecule has 0 fully saturated rings. The smallest absolute Gasteiger partial charge is 0.259 e. The third-order valence-electron chi connectivity index (χ3n) is 4.29. The highest BCUT2D eigenvalue weighted by molar-refractivity contribution is 7.90. The van der Waals surface area contributed by atoms with Crippen molar-refractivity contribution in [1.82, 2.24) is 9.84 Å². The number of hydrogen-bond acceptors (Lipinski definition) is 5. The number of amidine groups is 1. The van der Waals surface area contributed by atoms with E-state index in [2.05, 4.69) is 10.4 Å². The molecule has 0 aliphatic carbocycles. The average molecular weight is 462 g/mol. The molecule has 3 aromatic rings. The van der Waals surface area contributed by atoms with Crippen LogP contribution in [0.1, 0.15) is 5.56 Å². The van der Waals surface area contributed by atoms with Crippen LogP contribution in [0.4, 0.5) is 10.1 Å². The van der Waals surface area contributed by atoms with Crippen LogP contribution in [0.5, 0.6) is 0 Å². The Morgan fingerprint density at radius 3 is 1.97 bits per heavy atom. The normalized spacial score (nSPS) is 12.7. The molecule has 0 radical (unpaired) electrons. The van der Waals surface area contributed by atoms with Crippen LogP contribution in [0, 0.1) is 5.82 Å². The van der Waals surface area contributed by atoms with Crippen LogP contribution in [0.15, 0.2) is 93.6 Å². The minimum atomic E-state index is -3.88. The van der Waals surface area contributed by atoms with Crippen LogP contribution in [0.25, 0.3) is 0 Å². The van der Waals surface area contributed by atoms with Gasteiger partial charge in [-0.05, 0) is 60.7 Å². The van der Waals surface area contributed by atoms with Crippen molar-refractivity contribution >= 4 is 31.4 Å². The summed E-state index contributed by atoms with van der Waals surface area (Å²) in [7, 11) is -5.92. The van der Waals surface area contributed by atoms with Gasteiger partial charge in [0, 0.05) is 18.9 Å². The molecule has 162 valence electrons. The predicted molar refractivity (Wildman–Crippen MR) is 117 cm³/mol. The van der Waals surface area contributed by atoms with Gasteiger partial charge in [-0.2, -0.15) is 0 Å². The fourth-order valence-electron chi connectivity index (χ4n) is 2.62. The van der Waals surface area contributed by atoms with Crippen molar-refractivity contribution in [3.05, 3.63) is 90.2 Å². The molecule has 31 heavy (non-hydrogen) atoms. The fraction of sp³-hybridized carbons (Fsp3) is 0.0952. The molecule has 1 N–H and O–H groups in total. The first-order valence-electron chi connectivity index (χ1n) is 9.03. The Kier molecular flexibility index (Phi) is 6.54. The zero-order valence-corrected chi connectivity index (χ0v) is 18.4. The monoisotopic (exact) mass is 461 g/mol. The van der Waals surface area contributed by atoms with Crippen LogP contribution in [0.2, 0.25) is 0 Å². The van der Waals surface area contributed by atoms with Gasteiger partial charge in [0.25, 0.3) is 10.0 Å². The molecule has 0 aliphatic heterocycles. The lowest BCUT2D eigenvalue weighted by Crippen LogP contribution is -2.43. The van der Waals surface area contributed by atoms with Crippen molar-refractivity contribution in [1.29, 1.82) is 0 Å². The van der Waals surface area contributed by atoms with E-state index in [1.807, 2.05) is 0 Å². The highest BCUT2D eigenvalue weighted by Gasteiger charge is 2.22. The third-order valence-corrected chi connectivity index (χ3v) is 7.10. The maximum absolute atomic E-state index is 13.4. The standard InChI is InChI=1S/C21H20FN3O4S2/c1-25(31(28,29)20-6-4-3-5-7-20)24-21(16-8-10-17(22)11-9-16)23-18-12-14-19(15-13-18)30(2,26)27/h3-15H,1-2H3,(H,23,24). The van der Waals surface area contributed by atoms with E-state index in [4.69, 9.17) is 0 Å². The van der Waals surface area contributed by atoms with Crippen LogP contribution >= 0.6 is 0 Å². The molecule has 0 saturated carbocycles. The molecule has 7 nitrogen and oxygen atoms in total. The summed E-state index contributed by atoms with van der Waals surface area (Å²) in [5, 5.41) is 0. The predicted octanol–water partition coefficient (Wildman–Crippen LogP) is 3.13. The zero-order valence-electron chi connectivity index (χ0n) is 16.7. The Bertz CT molecular complexity index is 1290. The molecule has 0 unspecified atom stereocenters. The van der Waals surface area contributed by atoms with E-state index >= 15 is 0 Å². The number of rotatable bonds is 6. The molecular formula is C21H20FN3O4S2. The molecule has 0 spiro atoms. The van der Waals surface area contributed by atoms with Crippen molar-refractivity contribution in [2.75, 3.05) is 13.3 Å². The van der Waals surface area contributed by atoms with Gasteiger partial charge < -0.3 is 0 Å². The number of nitrogens with one attached hydrogen (secondary N) is 1. The van der Waals surface area contributed by atoms with E-state index in [1.165, 1.54) is 67.7 Å². The summed E-state index contributed by atoms with van der Waals surface area (Å²) in [6.45, 7) is 0. The van der Waals surface area contributed by atoms with E-state index in [9.17, 15) is 21.2 Å². The van der Waals surface area contributed by atoms with E-state index < -0.39 is 25.7 Å². The van der Waals surface area contributed by atoms with Gasteiger partial charge in [0.05, 0.1) is 15.5 Å². The largest absolute Gasteiger partial charge is 0.289 e. The van der Waals surface area contributed by atoms with Gasteiger partial charge in [-0.3, -0.25) is 5.43 Å². The Morgan fingerprint density at radius 1 is 0.839 bits per heavy atom. The van der Waals surface area contributed by atoms with Crippen molar-refractivity contribution in [3.8, 4) is 0 Å². The van der Waals surface area contributed by atoms with Crippen molar-refractivity contribution < 1.29 is 21.2 Å². The van der Waals surface area contributed by atoms with E-state index in [1.54, 1.807) is 18.2 Å². The summed E-state index contributed by atoms with van der Waals surface area (Å²) in [6.07, 6.45) is 1.10. The maximum Gasteiger partial charge on any atom is 0.259 e. The van der Waals surface area contributed by atoms with Gasteiger partial charge >= 0.3 is 0 Å². The molecule has 0 saturated heterocycles. The molecule has 0 heterocycles. The van der Waals surface area contributed by atoms with Crippen LogP contribution in [-0.4, -0.2) is 40.4 Å². The first kappa shape index (κ1) is 22.6. The number of sulfonamides is 1. The number of hydrogen-bond donors (Lipinski definition) is 1. The molecule has 3 rings (SSSR count). The third kappa shape index (κ3) is 5.54. The zero-order chi connectivity index (χ0) is 22.6. The Hall–Kier alpha value is -3.08. The number of halogens is 1. The fourth-order valence-corrected chi connectivity index (χ4v) is 4.27. The van der Waals surface area contributed by atoms with Crippen molar-refractivity contribution in [2.45, 2.75) is 9.79 Å². The maximum atomic E-state index is 13.4. The topological polar surface area (TPSA) is 95.9 Å². The SMILES string of the molecule is CN(NC(=Nc1ccc(S(C)(=O)=O)cc1)c1ccc(F)cc1)S(=O)(=O)c1ccccc1. The summed E-state index contributed by atoms with van der Waals surface area (Å²) >= 11 is 0. The molecule has 3 aromatic carbocycles. The van der Waals surface area contributed by atoms with Gasteiger partial charge in [-0.1, -0.05) is 18.2 Å². The second-order valence-electron chi connectivity index (χ2n) is 6.63. The van der Waals surface area contributed by atoms with Gasteiger partial charge in [0.1, 0.15) is 11.7 Å². The second kappa shape index (κ2) is 8.96. The van der Waals surface area contributed by atoms with Gasteiger partial charge in [-0.15, -0.1) is 4.41 Å². The molecule has 0 aromatic heterocycles. The van der Waals surface area contributed by atoms with E-state index in [0.717, 1.165) is 10.7 Å². The minimum absolute atomic E-state index is 0.0842. The summed E-state index contributed by atoms with van der Waals surface area (Å²) < 4.78 is 63.3. The molecular weight excluding hydrogens is 441 g/mol. The first-order chi connectivity index (χ1) is 14.6. The quantitative estimate of drug-likeness (QED) is 0.346. The number of hydrazine groups is 1. The summed E-state index contributed by atoms with van der Waals surface area (Å²) in [6, 6.07) is 19.0. The van der Waals surface area contributed by atoms with Gasteiger partial charge in [0.2, 0.25) is 0 Å². The summed E-state index contributed by atoms with van der Waals surface area (Å²) in [5.41, 5.74) is 3.55. The highest BCUT2D eigenvalue weighted by atomic mass is 32.2. The lowest BCUT2D eigenvalue weighted by molar-refractivity contribution is 0.438. The van der Waals surface area contributed by atoms with E-state index in [0.29, 0.717) is 11.3 Å². The van der Waals surface area contributed by atoms with E-state index in [-0.39, 0.29) is 15.6 Å². The van der Waals surface area contributed by atoms with Crippen LogP contribution < -0.4 is 5.43 Å². The molecule has 0 atom stereocenters. The second-order valence-corrected chi connectivity index (χ2v) is 10.6. The number of benzene rings is 3. The lowest BCUT2D eigenvalue weighted by Gasteiger charge is -2.21. The molecule has 0 aliphatic rings. The number of aliphatic imine (C=N–C) groups is 1. The molecule has 0 amide bonds. The van der Waals surface area contributed by atoms with Crippen molar-refractivity contribution in [2.24, 2.45) is 4.99 Å². The average Bonchev–Trinajstić information content (AvgIpc) is 2.74. The van der Waals surface area contributed by atoms with Crippen molar-refractivity contribution in [3.63, 3.8) is 0 Å².